The molecular weight excluding hydrogens is 252 g/mol. The summed E-state index contributed by atoms with van der Waals surface area (Å²) in [5.74, 6) is 1.08. The van der Waals surface area contributed by atoms with Crippen molar-refractivity contribution in [3.63, 3.8) is 0 Å². The van der Waals surface area contributed by atoms with Crippen LogP contribution in [0.5, 0.6) is 0 Å². The fourth-order valence-corrected chi connectivity index (χ4v) is 3.54. The number of aromatic nitrogens is 2. The second-order valence-corrected chi connectivity index (χ2v) is 6.84. The molecule has 1 aliphatic carbocycles. The maximum atomic E-state index is 12.4. The van der Waals surface area contributed by atoms with Crippen molar-refractivity contribution < 1.29 is 8.42 Å². The lowest BCUT2D eigenvalue weighted by Gasteiger charge is -2.25. The molecule has 1 atom stereocenters. The van der Waals surface area contributed by atoms with E-state index in [1.54, 1.807) is 31.8 Å². The van der Waals surface area contributed by atoms with E-state index in [4.69, 9.17) is 5.73 Å². The third-order valence-electron chi connectivity index (χ3n) is 3.60. The number of hydrogen-bond donors (Lipinski definition) is 1. The van der Waals surface area contributed by atoms with Gasteiger partial charge in [0.25, 0.3) is 10.0 Å². The minimum absolute atomic E-state index is 0.101. The van der Waals surface area contributed by atoms with Crippen LogP contribution in [0.15, 0.2) is 11.2 Å². The van der Waals surface area contributed by atoms with Crippen molar-refractivity contribution in [2.75, 3.05) is 13.6 Å². The summed E-state index contributed by atoms with van der Waals surface area (Å²) in [4.78, 5) is 4.09. The van der Waals surface area contributed by atoms with E-state index < -0.39 is 10.0 Å². The summed E-state index contributed by atoms with van der Waals surface area (Å²) < 4.78 is 27.9. The van der Waals surface area contributed by atoms with E-state index in [1.165, 1.54) is 4.31 Å². The van der Waals surface area contributed by atoms with Gasteiger partial charge in [-0.05, 0) is 25.7 Å². The highest BCUT2D eigenvalue weighted by molar-refractivity contribution is 7.89. The molecule has 0 aliphatic heterocycles. The third kappa shape index (κ3) is 2.30. The van der Waals surface area contributed by atoms with Gasteiger partial charge in [0.05, 0.1) is 0 Å². The predicted octanol–water partition coefficient (Wildman–Crippen LogP) is 0.0863. The van der Waals surface area contributed by atoms with Crippen LogP contribution in [0.25, 0.3) is 0 Å². The molecule has 0 amide bonds. The summed E-state index contributed by atoms with van der Waals surface area (Å²) in [6.45, 7) is 2.13. The van der Waals surface area contributed by atoms with Crippen molar-refractivity contribution in [2.45, 2.75) is 30.8 Å². The molecule has 102 valence electrons. The van der Waals surface area contributed by atoms with Crippen LogP contribution in [0, 0.1) is 12.8 Å². The molecule has 0 bridgehead atoms. The molecule has 0 spiro atoms. The highest BCUT2D eigenvalue weighted by Gasteiger charge is 2.38. The summed E-state index contributed by atoms with van der Waals surface area (Å²) in [6.07, 6.45) is 3.66. The molecule has 0 radical (unpaired) electrons. The van der Waals surface area contributed by atoms with E-state index in [2.05, 4.69) is 4.98 Å². The second kappa shape index (κ2) is 4.64. The van der Waals surface area contributed by atoms with Crippen LogP contribution >= 0.6 is 0 Å². The zero-order chi connectivity index (χ0) is 13.5. The lowest BCUT2D eigenvalue weighted by Crippen LogP contribution is -2.43. The fourth-order valence-electron chi connectivity index (χ4n) is 2.10. The molecule has 1 aromatic rings. The summed E-state index contributed by atoms with van der Waals surface area (Å²) in [5, 5.41) is 0.101. The maximum absolute atomic E-state index is 12.4. The molecule has 1 unspecified atom stereocenters. The van der Waals surface area contributed by atoms with Crippen molar-refractivity contribution >= 4 is 10.0 Å². The monoisotopic (exact) mass is 272 g/mol. The fraction of sp³-hybridized carbons (Fsp3) is 0.727. The van der Waals surface area contributed by atoms with E-state index in [1.807, 2.05) is 0 Å². The average Bonchev–Trinajstić information content (AvgIpc) is 3.07. The Hall–Kier alpha value is -0.920. The second-order valence-electron chi connectivity index (χ2n) is 4.90. The molecule has 2 rings (SSSR count). The smallest absolute Gasteiger partial charge is 0.262 e. The van der Waals surface area contributed by atoms with Crippen LogP contribution in [0.4, 0.5) is 0 Å². The molecule has 1 aliphatic rings. The Morgan fingerprint density at radius 2 is 2.22 bits per heavy atom. The molecule has 0 saturated heterocycles. The molecule has 7 heteroatoms. The molecule has 1 saturated carbocycles. The Morgan fingerprint density at radius 3 is 2.61 bits per heavy atom. The summed E-state index contributed by atoms with van der Waals surface area (Å²) in [6, 6.07) is -0.114. The largest absolute Gasteiger partial charge is 0.337 e. The Morgan fingerprint density at radius 1 is 1.61 bits per heavy atom. The van der Waals surface area contributed by atoms with Gasteiger partial charge < -0.3 is 10.3 Å². The summed E-state index contributed by atoms with van der Waals surface area (Å²) in [5.41, 5.74) is 5.69. The van der Waals surface area contributed by atoms with Gasteiger partial charge in [0, 0.05) is 32.9 Å². The molecule has 1 aromatic heterocycles. The first-order valence-electron chi connectivity index (χ1n) is 6.06. The van der Waals surface area contributed by atoms with Gasteiger partial charge in [-0.15, -0.1) is 0 Å². The maximum Gasteiger partial charge on any atom is 0.262 e. The lowest BCUT2D eigenvalue weighted by molar-refractivity contribution is 0.339. The van der Waals surface area contributed by atoms with Crippen LogP contribution in [0.3, 0.4) is 0 Å². The first-order chi connectivity index (χ1) is 8.37. The molecule has 1 heterocycles. The quantitative estimate of drug-likeness (QED) is 0.823. The number of hydrogen-bond acceptors (Lipinski definition) is 4. The van der Waals surface area contributed by atoms with Gasteiger partial charge in [0.15, 0.2) is 5.03 Å². The minimum atomic E-state index is -3.54. The van der Waals surface area contributed by atoms with Crippen LogP contribution in [-0.4, -0.2) is 41.9 Å². The number of aryl methyl sites for hydroxylation is 2. The van der Waals surface area contributed by atoms with Crippen molar-refractivity contribution in [1.29, 1.82) is 0 Å². The minimum Gasteiger partial charge on any atom is -0.337 e. The number of rotatable bonds is 5. The Balaban J connectivity index is 2.29. The molecule has 1 fully saturated rings. The van der Waals surface area contributed by atoms with Crippen LogP contribution in [-0.2, 0) is 17.1 Å². The van der Waals surface area contributed by atoms with Gasteiger partial charge in [-0.2, -0.15) is 4.31 Å². The van der Waals surface area contributed by atoms with Crippen molar-refractivity contribution in [2.24, 2.45) is 18.7 Å². The van der Waals surface area contributed by atoms with Crippen molar-refractivity contribution in [3.8, 4) is 0 Å². The molecule has 2 N–H and O–H groups in total. The van der Waals surface area contributed by atoms with Crippen molar-refractivity contribution in [3.05, 3.63) is 12.0 Å². The zero-order valence-electron chi connectivity index (χ0n) is 11.0. The van der Waals surface area contributed by atoms with Gasteiger partial charge in [0.1, 0.15) is 5.82 Å². The summed E-state index contributed by atoms with van der Waals surface area (Å²) in [7, 11) is -0.163. The van der Waals surface area contributed by atoms with Crippen LogP contribution in [0.1, 0.15) is 18.7 Å². The van der Waals surface area contributed by atoms with E-state index in [9.17, 15) is 8.42 Å². The normalized spacial score (nSPS) is 18.3. The summed E-state index contributed by atoms with van der Waals surface area (Å²) >= 11 is 0. The Bertz CT molecular complexity index is 514. The number of sulfonamides is 1. The van der Waals surface area contributed by atoms with E-state index in [0.717, 1.165) is 12.8 Å². The van der Waals surface area contributed by atoms with Gasteiger partial charge in [-0.1, -0.05) is 0 Å². The van der Waals surface area contributed by atoms with Gasteiger partial charge in [-0.3, -0.25) is 0 Å². The van der Waals surface area contributed by atoms with Crippen LogP contribution < -0.4 is 5.73 Å². The number of imidazole rings is 1. The van der Waals surface area contributed by atoms with Gasteiger partial charge in [0.2, 0.25) is 0 Å². The van der Waals surface area contributed by atoms with Crippen molar-refractivity contribution in [1.82, 2.24) is 13.9 Å². The molecule has 0 aromatic carbocycles. The average molecular weight is 272 g/mol. The third-order valence-corrected chi connectivity index (χ3v) is 5.36. The molecule has 18 heavy (non-hydrogen) atoms. The first kappa shape index (κ1) is 13.5. The highest BCUT2D eigenvalue weighted by atomic mass is 32.2. The topological polar surface area (TPSA) is 81.2 Å². The number of nitrogens with zero attached hydrogens (tertiary/aromatic N) is 3. The SMILES string of the molecule is Cc1nc(S(=O)(=O)N(C)C(CN)C2CC2)cn1C. The molecule has 6 nitrogen and oxygen atoms in total. The lowest BCUT2D eigenvalue weighted by atomic mass is 10.2. The molecular formula is C11H20N4O2S. The number of nitrogens with two attached hydrogens (primary N) is 1. The first-order valence-corrected chi connectivity index (χ1v) is 7.50. The standard InChI is InChI=1S/C11H20N4O2S/c1-8-13-11(7-14(8)2)18(16,17)15(3)10(6-12)9-4-5-9/h7,9-10H,4-6,12H2,1-3H3. The Kier molecular flexibility index (Phi) is 3.48. The zero-order valence-corrected chi connectivity index (χ0v) is 11.8. The Labute approximate surface area is 108 Å². The van der Waals surface area contributed by atoms with Crippen LogP contribution in [0.2, 0.25) is 0 Å². The van der Waals surface area contributed by atoms with Gasteiger partial charge in [-0.25, -0.2) is 13.4 Å². The van der Waals surface area contributed by atoms with Gasteiger partial charge >= 0.3 is 0 Å². The highest BCUT2D eigenvalue weighted by Crippen LogP contribution is 2.36. The van der Waals surface area contributed by atoms with E-state index in [0.29, 0.717) is 18.3 Å². The van der Waals surface area contributed by atoms with E-state index in [-0.39, 0.29) is 11.1 Å². The predicted molar refractivity (Wildman–Crippen MR) is 68.5 cm³/mol. The van der Waals surface area contributed by atoms with E-state index >= 15 is 0 Å². The number of likely N-dealkylation sites (N-methyl/N-ethyl adjacent to an activating group) is 1.